The molecule has 0 aromatic heterocycles. The zero-order chi connectivity index (χ0) is 8.81. The van der Waals surface area contributed by atoms with Gasteiger partial charge in [0, 0.05) is 18.9 Å². The van der Waals surface area contributed by atoms with Crippen LogP contribution in [0.5, 0.6) is 0 Å². The van der Waals surface area contributed by atoms with Crippen LogP contribution in [0.1, 0.15) is 19.3 Å². The average Bonchev–Trinajstić information content (AvgIpc) is 2.06. The topological polar surface area (TPSA) is 38.7 Å². The molecule has 0 saturated carbocycles. The van der Waals surface area contributed by atoms with E-state index in [0.29, 0.717) is 11.6 Å². The van der Waals surface area contributed by atoms with E-state index in [1.165, 1.54) is 6.08 Å². The second-order valence-corrected chi connectivity index (χ2v) is 3.03. The molecule has 0 N–H and O–H groups in total. The van der Waals surface area contributed by atoms with Crippen molar-refractivity contribution in [3.63, 3.8) is 0 Å². The van der Waals surface area contributed by atoms with Gasteiger partial charge in [-0.3, -0.25) is 0 Å². The highest BCUT2D eigenvalue weighted by Gasteiger charge is 2.14. The van der Waals surface area contributed by atoms with E-state index in [1.54, 1.807) is 0 Å². The second-order valence-electron chi connectivity index (χ2n) is 3.03. The molecule has 0 bridgehead atoms. The predicted octanol–water partition coefficient (Wildman–Crippen LogP) is 1.65. The van der Waals surface area contributed by atoms with Gasteiger partial charge in [0.15, 0.2) is 0 Å². The summed E-state index contributed by atoms with van der Waals surface area (Å²) < 4.78 is 5.20. The predicted molar refractivity (Wildman–Crippen MR) is 45.4 cm³/mol. The lowest BCUT2D eigenvalue weighted by molar-refractivity contribution is 0.0665. The van der Waals surface area contributed by atoms with Crippen LogP contribution in [0.25, 0.3) is 0 Å². The largest absolute Gasteiger partial charge is 0.381 e. The summed E-state index contributed by atoms with van der Waals surface area (Å²) in [7, 11) is 0. The smallest absolute Gasteiger partial charge is 0.240 e. The molecule has 12 heavy (non-hydrogen) atoms. The van der Waals surface area contributed by atoms with E-state index in [0.717, 1.165) is 32.5 Å². The molecule has 0 amide bonds. The van der Waals surface area contributed by atoms with Gasteiger partial charge < -0.3 is 4.74 Å². The van der Waals surface area contributed by atoms with E-state index in [9.17, 15) is 4.79 Å². The highest BCUT2D eigenvalue weighted by atomic mass is 16.5. The summed E-state index contributed by atoms with van der Waals surface area (Å²) in [6, 6.07) is 0. The van der Waals surface area contributed by atoms with Crippen LogP contribution in [0.3, 0.4) is 0 Å². The first-order valence-corrected chi connectivity index (χ1v) is 4.16. The fourth-order valence-corrected chi connectivity index (χ4v) is 1.39. The minimum Gasteiger partial charge on any atom is -0.381 e. The lowest BCUT2D eigenvalue weighted by Crippen LogP contribution is -2.15. The van der Waals surface area contributed by atoms with Gasteiger partial charge in [-0.05, 0) is 25.2 Å². The summed E-state index contributed by atoms with van der Waals surface area (Å²) in [6.45, 7) is 5.31. The van der Waals surface area contributed by atoms with Crippen molar-refractivity contribution in [3.05, 3.63) is 12.3 Å². The maximum atomic E-state index is 9.88. The maximum Gasteiger partial charge on any atom is 0.240 e. The molecule has 66 valence electrons. The van der Waals surface area contributed by atoms with Crippen LogP contribution in [-0.2, 0) is 9.53 Å². The van der Waals surface area contributed by atoms with Crippen molar-refractivity contribution in [2.24, 2.45) is 10.9 Å². The molecule has 0 atom stereocenters. The lowest BCUT2D eigenvalue weighted by atomic mass is 9.95. The average molecular weight is 167 g/mol. The van der Waals surface area contributed by atoms with Crippen LogP contribution in [0, 0.1) is 5.92 Å². The SMILES string of the molecule is C=C(CC1CCOCC1)N=C=O. The van der Waals surface area contributed by atoms with Gasteiger partial charge in [0.2, 0.25) is 6.08 Å². The number of nitrogens with zero attached hydrogens (tertiary/aromatic N) is 1. The van der Waals surface area contributed by atoms with Crippen molar-refractivity contribution in [3.8, 4) is 0 Å². The van der Waals surface area contributed by atoms with Gasteiger partial charge in [0.05, 0.1) is 0 Å². The summed E-state index contributed by atoms with van der Waals surface area (Å²) >= 11 is 0. The molecule has 1 rings (SSSR count). The van der Waals surface area contributed by atoms with Crippen molar-refractivity contribution in [2.75, 3.05) is 13.2 Å². The molecule has 1 heterocycles. The molecule has 0 aliphatic carbocycles. The first-order valence-electron chi connectivity index (χ1n) is 4.16. The Morgan fingerprint density at radius 3 is 2.83 bits per heavy atom. The molecular formula is C9H13NO2. The van der Waals surface area contributed by atoms with Gasteiger partial charge in [-0.25, -0.2) is 4.79 Å². The molecule has 1 fully saturated rings. The van der Waals surface area contributed by atoms with Crippen LogP contribution < -0.4 is 0 Å². The Kier molecular flexibility index (Phi) is 3.71. The monoisotopic (exact) mass is 167 g/mol. The first-order chi connectivity index (χ1) is 5.83. The number of allylic oxidation sites excluding steroid dienone is 1. The summed E-state index contributed by atoms with van der Waals surface area (Å²) in [5.41, 5.74) is 0.636. The van der Waals surface area contributed by atoms with Crippen LogP contribution in [-0.4, -0.2) is 19.3 Å². The third-order valence-corrected chi connectivity index (χ3v) is 2.07. The molecule has 3 nitrogen and oxygen atoms in total. The molecule has 0 aromatic carbocycles. The Balaban J connectivity index is 2.29. The molecule has 0 aromatic rings. The van der Waals surface area contributed by atoms with Gasteiger partial charge in [-0.15, -0.1) is 0 Å². The first kappa shape index (κ1) is 9.17. The molecule has 0 unspecified atom stereocenters. The number of rotatable bonds is 3. The zero-order valence-corrected chi connectivity index (χ0v) is 7.08. The molecule has 0 radical (unpaired) electrons. The van der Waals surface area contributed by atoms with Gasteiger partial charge in [-0.2, -0.15) is 4.99 Å². The van der Waals surface area contributed by atoms with Crippen molar-refractivity contribution >= 4 is 6.08 Å². The second kappa shape index (κ2) is 4.86. The highest BCUT2D eigenvalue weighted by molar-refractivity contribution is 5.36. The summed E-state index contributed by atoms with van der Waals surface area (Å²) in [6.07, 6.45) is 4.40. The summed E-state index contributed by atoms with van der Waals surface area (Å²) in [5.74, 6) is 0.586. The van der Waals surface area contributed by atoms with Crippen molar-refractivity contribution in [1.82, 2.24) is 0 Å². The maximum absolute atomic E-state index is 9.88. The Labute approximate surface area is 72.1 Å². The molecule has 1 saturated heterocycles. The number of isocyanates is 1. The third kappa shape index (κ3) is 2.99. The molecule has 1 aliphatic heterocycles. The van der Waals surface area contributed by atoms with Gasteiger partial charge in [-0.1, -0.05) is 6.58 Å². The van der Waals surface area contributed by atoms with E-state index >= 15 is 0 Å². The van der Waals surface area contributed by atoms with Gasteiger partial charge in [0.1, 0.15) is 0 Å². The normalized spacial score (nSPS) is 18.3. The fraction of sp³-hybridized carbons (Fsp3) is 0.667. The third-order valence-electron chi connectivity index (χ3n) is 2.07. The van der Waals surface area contributed by atoms with Crippen molar-refractivity contribution in [1.29, 1.82) is 0 Å². The van der Waals surface area contributed by atoms with E-state index in [2.05, 4.69) is 11.6 Å². The van der Waals surface area contributed by atoms with Gasteiger partial charge >= 0.3 is 0 Å². The number of ether oxygens (including phenoxy) is 1. The Morgan fingerprint density at radius 1 is 1.58 bits per heavy atom. The van der Waals surface area contributed by atoms with Crippen molar-refractivity contribution in [2.45, 2.75) is 19.3 Å². The minimum absolute atomic E-state index is 0.586. The van der Waals surface area contributed by atoms with Crippen molar-refractivity contribution < 1.29 is 9.53 Å². The Morgan fingerprint density at radius 2 is 2.25 bits per heavy atom. The van der Waals surface area contributed by atoms with E-state index in [4.69, 9.17) is 4.74 Å². The van der Waals surface area contributed by atoms with E-state index < -0.39 is 0 Å². The molecule has 3 heteroatoms. The number of hydrogen-bond acceptors (Lipinski definition) is 3. The standard InChI is InChI=1S/C9H13NO2/c1-8(10-7-11)6-9-2-4-12-5-3-9/h9H,1-6H2. The molecule has 1 aliphatic rings. The van der Waals surface area contributed by atoms with E-state index in [1.807, 2.05) is 0 Å². The van der Waals surface area contributed by atoms with Crippen LogP contribution in [0.15, 0.2) is 17.3 Å². The Hall–Kier alpha value is -0.920. The number of carbonyl (C=O) groups excluding carboxylic acids is 1. The number of hydrogen-bond donors (Lipinski definition) is 0. The highest BCUT2D eigenvalue weighted by Crippen LogP contribution is 2.21. The Bertz CT molecular complexity index is 201. The zero-order valence-electron chi connectivity index (χ0n) is 7.08. The summed E-state index contributed by atoms with van der Waals surface area (Å²) in [5, 5.41) is 0. The minimum atomic E-state index is 0.586. The van der Waals surface area contributed by atoms with Crippen LogP contribution >= 0.6 is 0 Å². The molecular weight excluding hydrogens is 154 g/mol. The summed E-state index contributed by atoms with van der Waals surface area (Å²) in [4.78, 5) is 13.4. The van der Waals surface area contributed by atoms with Gasteiger partial charge in [0.25, 0.3) is 0 Å². The number of aliphatic imine (C=N–C) groups is 1. The fourth-order valence-electron chi connectivity index (χ4n) is 1.39. The van der Waals surface area contributed by atoms with Crippen LogP contribution in [0.2, 0.25) is 0 Å². The quantitative estimate of drug-likeness (QED) is 0.473. The molecule has 0 spiro atoms. The lowest BCUT2D eigenvalue weighted by Gasteiger charge is -2.21. The van der Waals surface area contributed by atoms with E-state index in [-0.39, 0.29) is 0 Å². The van der Waals surface area contributed by atoms with Crippen LogP contribution in [0.4, 0.5) is 0 Å².